The molecule has 0 bridgehead atoms. The van der Waals surface area contributed by atoms with Gasteiger partial charge in [-0.25, -0.2) is 4.98 Å². The van der Waals surface area contributed by atoms with Crippen LogP contribution in [0.25, 0.3) is 0 Å². The van der Waals surface area contributed by atoms with Crippen molar-refractivity contribution < 1.29 is 4.79 Å². The van der Waals surface area contributed by atoms with Gasteiger partial charge in [0.05, 0.1) is 33.7 Å². The summed E-state index contributed by atoms with van der Waals surface area (Å²) < 4.78 is 0. The molecule has 1 N–H and O–H groups in total. The second-order valence-corrected chi connectivity index (χ2v) is 5.69. The summed E-state index contributed by atoms with van der Waals surface area (Å²) in [6, 6.07) is 5.07. The molecule has 2 aromatic rings. The maximum absolute atomic E-state index is 11.9. The normalized spacial score (nSPS) is 10.5. The number of hydrogen-bond acceptors (Lipinski definition) is 3. The van der Waals surface area contributed by atoms with Gasteiger partial charge >= 0.3 is 0 Å². The zero-order valence-corrected chi connectivity index (χ0v) is 12.7. The lowest BCUT2D eigenvalue weighted by Crippen LogP contribution is -2.14. The number of thiazole rings is 1. The first-order chi connectivity index (χ1) is 9.10. The molecule has 0 aliphatic carbocycles. The summed E-state index contributed by atoms with van der Waals surface area (Å²) in [6.45, 7) is 0. The molecular weight excluding hydrogens is 327 g/mol. The number of anilines is 1. The summed E-state index contributed by atoms with van der Waals surface area (Å²) in [4.78, 5) is 16.1. The predicted octanol–water partition coefficient (Wildman–Crippen LogP) is 4.37. The second-order valence-electron chi connectivity index (χ2n) is 3.69. The second kappa shape index (κ2) is 6.57. The number of alkyl halides is 1. The van der Waals surface area contributed by atoms with Gasteiger partial charge in [-0.2, -0.15) is 0 Å². The van der Waals surface area contributed by atoms with Crippen LogP contribution in [0.4, 0.5) is 5.69 Å². The molecule has 0 unspecified atom stereocenters. The highest BCUT2D eigenvalue weighted by atomic mass is 35.5. The Kier molecular flexibility index (Phi) is 5.05. The minimum Gasteiger partial charge on any atom is -0.324 e. The number of nitrogens with zero attached hydrogens (tertiary/aromatic N) is 1. The zero-order valence-electron chi connectivity index (χ0n) is 9.62. The van der Waals surface area contributed by atoms with Gasteiger partial charge in [0.1, 0.15) is 5.01 Å². The van der Waals surface area contributed by atoms with Crippen LogP contribution in [0.15, 0.2) is 23.6 Å². The lowest BCUT2D eigenvalue weighted by Gasteiger charge is -2.07. The molecule has 0 saturated carbocycles. The first-order valence-corrected chi connectivity index (χ1v) is 7.50. The summed E-state index contributed by atoms with van der Waals surface area (Å²) in [5.41, 5.74) is 1.27. The number of hydrogen-bond donors (Lipinski definition) is 1. The number of halogens is 3. The lowest BCUT2D eigenvalue weighted by atomic mass is 10.3. The largest absolute Gasteiger partial charge is 0.324 e. The Morgan fingerprint density at radius 1 is 1.37 bits per heavy atom. The molecule has 2 rings (SSSR count). The molecule has 1 aromatic heterocycles. The zero-order chi connectivity index (χ0) is 13.8. The number of carbonyl (C=O) groups excluding carboxylic acids is 1. The van der Waals surface area contributed by atoms with Crippen molar-refractivity contribution in [2.24, 2.45) is 0 Å². The van der Waals surface area contributed by atoms with Crippen LogP contribution in [0.1, 0.15) is 10.7 Å². The fourth-order valence-electron chi connectivity index (χ4n) is 1.42. The van der Waals surface area contributed by atoms with Crippen molar-refractivity contribution >= 4 is 57.7 Å². The van der Waals surface area contributed by atoms with Crippen LogP contribution in [0, 0.1) is 0 Å². The van der Waals surface area contributed by atoms with Crippen molar-refractivity contribution in [3.63, 3.8) is 0 Å². The standard InChI is InChI=1S/C12H9Cl3N2OS/c13-5-7-6-19-11(16-7)4-10(18)17-9-3-1-2-8(14)12(9)15/h1-3,6H,4-5H2,(H,17,18). The van der Waals surface area contributed by atoms with Gasteiger partial charge in [0, 0.05) is 5.38 Å². The smallest absolute Gasteiger partial charge is 0.231 e. The van der Waals surface area contributed by atoms with E-state index in [0.717, 1.165) is 5.69 Å². The van der Waals surface area contributed by atoms with Crippen molar-refractivity contribution in [2.45, 2.75) is 12.3 Å². The fourth-order valence-corrected chi connectivity index (χ4v) is 2.79. The third kappa shape index (κ3) is 3.83. The van der Waals surface area contributed by atoms with Gasteiger partial charge in [-0.05, 0) is 12.1 Å². The van der Waals surface area contributed by atoms with Crippen LogP contribution in [-0.2, 0) is 17.1 Å². The van der Waals surface area contributed by atoms with Crippen molar-refractivity contribution in [1.29, 1.82) is 0 Å². The average Bonchev–Trinajstić information content (AvgIpc) is 2.82. The number of benzene rings is 1. The quantitative estimate of drug-likeness (QED) is 0.843. The van der Waals surface area contributed by atoms with Gasteiger partial charge in [0.15, 0.2) is 0 Å². The van der Waals surface area contributed by atoms with Crippen LogP contribution in [-0.4, -0.2) is 10.9 Å². The summed E-state index contributed by atoms with van der Waals surface area (Å²) in [5.74, 6) is 0.151. The van der Waals surface area contributed by atoms with E-state index in [0.29, 0.717) is 26.6 Å². The van der Waals surface area contributed by atoms with E-state index in [-0.39, 0.29) is 12.3 Å². The molecule has 0 fully saturated rings. The molecule has 7 heteroatoms. The molecule has 0 spiro atoms. The van der Waals surface area contributed by atoms with Gasteiger partial charge in [-0.15, -0.1) is 22.9 Å². The molecule has 0 aliphatic heterocycles. The highest BCUT2D eigenvalue weighted by Crippen LogP contribution is 2.29. The van der Waals surface area contributed by atoms with Crippen molar-refractivity contribution in [3.8, 4) is 0 Å². The van der Waals surface area contributed by atoms with Gasteiger partial charge in [0.2, 0.25) is 5.91 Å². The number of amides is 1. The molecule has 0 radical (unpaired) electrons. The van der Waals surface area contributed by atoms with E-state index < -0.39 is 0 Å². The van der Waals surface area contributed by atoms with E-state index in [4.69, 9.17) is 34.8 Å². The minimum atomic E-state index is -0.195. The molecule has 1 aromatic carbocycles. The van der Waals surface area contributed by atoms with Crippen LogP contribution >= 0.6 is 46.1 Å². The number of rotatable bonds is 4. The molecule has 1 heterocycles. The molecule has 0 saturated heterocycles. The van der Waals surface area contributed by atoms with Crippen molar-refractivity contribution in [2.75, 3.05) is 5.32 Å². The molecular formula is C12H9Cl3N2OS. The van der Waals surface area contributed by atoms with E-state index in [2.05, 4.69) is 10.3 Å². The third-order valence-electron chi connectivity index (χ3n) is 2.27. The van der Waals surface area contributed by atoms with Gasteiger partial charge in [-0.3, -0.25) is 4.79 Å². The Labute approximate surface area is 129 Å². The van der Waals surface area contributed by atoms with Crippen LogP contribution in [0.3, 0.4) is 0 Å². The SMILES string of the molecule is O=C(Cc1nc(CCl)cs1)Nc1cccc(Cl)c1Cl. The average molecular weight is 336 g/mol. The molecule has 0 atom stereocenters. The Morgan fingerprint density at radius 3 is 2.84 bits per heavy atom. The van der Waals surface area contributed by atoms with Crippen LogP contribution in [0.2, 0.25) is 10.0 Å². The monoisotopic (exact) mass is 334 g/mol. The van der Waals surface area contributed by atoms with Gasteiger partial charge < -0.3 is 5.32 Å². The lowest BCUT2D eigenvalue weighted by molar-refractivity contribution is -0.115. The predicted molar refractivity (Wildman–Crippen MR) is 80.5 cm³/mol. The third-order valence-corrected chi connectivity index (χ3v) is 4.26. The first-order valence-electron chi connectivity index (χ1n) is 5.33. The number of aromatic nitrogens is 1. The number of nitrogens with one attached hydrogen (secondary N) is 1. The van der Waals surface area contributed by atoms with Crippen LogP contribution in [0.5, 0.6) is 0 Å². The Balaban J connectivity index is 2.03. The molecule has 3 nitrogen and oxygen atoms in total. The summed E-state index contributed by atoms with van der Waals surface area (Å²) in [6.07, 6.45) is 0.185. The summed E-state index contributed by atoms with van der Waals surface area (Å²) >= 11 is 18.9. The highest BCUT2D eigenvalue weighted by Gasteiger charge is 2.11. The van der Waals surface area contributed by atoms with Gasteiger partial charge in [-0.1, -0.05) is 29.3 Å². The summed E-state index contributed by atoms with van der Waals surface area (Å²) in [7, 11) is 0. The molecule has 19 heavy (non-hydrogen) atoms. The van der Waals surface area contributed by atoms with Gasteiger partial charge in [0.25, 0.3) is 0 Å². The fraction of sp³-hybridized carbons (Fsp3) is 0.167. The Morgan fingerprint density at radius 2 is 2.16 bits per heavy atom. The topological polar surface area (TPSA) is 42.0 Å². The number of carbonyl (C=O) groups is 1. The van der Waals surface area contributed by atoms with Crippen molar-refractivity contribution in [1.82, 2.24) is 4.98 Å². The highest BCUT2D eigenvalue weighted by molar-refractivity contribution is 7.09. The Bertz CT molecular complexity index is 600. The molecule has 100 valence electrons. The van der Waals surface area contributed by atoms with E-state index in [1.165, 1.54) is 11.3 Å². The minimum absolute atomic E-state index is 0.185. The van der Waals surface area contributed by atoms with Crippen molar-refractivity contribution in [3.05, 3.63) is 44.3 Å². The molecule has 0 aliphatic rings. The summed E-state index contributed by atoms with van der Waals surface area (Å²) in [5, 5.41) is 5.99. The first kappa shape index (κ1) is 14.6. The van der Waals surface area contributed by atoms with E-state index in [9.17, 15) is 4.79 Å². The van der Waals surface area contributed by atoms with Crippen LogP contribution < -0.4 is 5.32 Å². The van der Waals surface area contributed by atoms with E-state index in [1.54, 1.807) is 18.2 Å². The van der Waals surface area contributed by atoms with E-state index in [1.807, 2.05) is 5.38 Å². The maximum Gasteiger partial charge on any atom is 0.231 e. The van der Waals surface area contributed by atoms with E-state index >= 15 is 0 Å². The Hall–Kier alpha value is -0.810. The molecule has 1 amide bonds. The maximum atomic E-state index is 11.9.